The molecule has 0 atom stereocenters. The third-order valence-corrected chi connectivity index (χ3v) is 4.35. The summed E-state index contributed by atoms with van der Waals surface area (Å²) in [5.41, 5.74) is 2.82. The van der Waals surface area contributed by atoms with Crippen molar-refractivity contribution in [2.24, 2.45) is 0 Å². The molecule has 96 valence electrons. The van der Waals surface area contributed by atoms with Gasteiger partial charge in [-0.1, -0.05) is 6.07 Å². The van der Waals surface area contributed by atoms with Crippen LogP contribution in [0.1, 0.15) is 27.3 Å². The van der Waals surface area contributed by atoms with Crippen molar-refractivity contribution >= 4 is 23.4 Å². The van der Waals surface area contributed by atoms with Gasteiger partial charge < -0.3 is 9.90 Å². The second kappa shape index (κ2) is 6.68. The Balaban J connectivity index is 0.00000147. The topological polar surface area (TPSA) is 53.0 Å². The Bertz CT molecular complexity index is 649. The Labute approximate surface area is 143 Å². The summed E-state index contributed by atoms with van der Waals surface area (Å²) in [6.45, 7) is 0. The quantitative estimate of drug-likeness (QED) is 0.669. The van der Waals surface area contributed by atoms with Gasteiger partial charge >= 0.3 is 29.6 Å². The van der Waals surface area contributed by atoms with Crippen molar-refractivity contribution in [1.82, 2.24) is 4.98 Å². The maximum absolute atomic E-state index is 10.9. The van der Waals surface area contributed by atoms with Crippen molar-refractivity contribution in [2.45, 2.75) is 19.3 Å². The fourth-order valence-corrected chi connectivity index (χ4v) is 3.49. The normalized spacial score (nSPS) is 13.1. The molecule has 5 heteroatoms. The SMILES string of the molecule is O=C([O-])C1=Cc2sc(Cc3cccnc3)cc2CC1.[Na+]. The number of hydrogen-bond donors (Lipinski definition) is 0. The molecule has 0 aliphatic heterocycles. The number of carboxylic acids is 1. The number of pyridine rings is 1. The summed E-state index contributed by atoms with van der Waals surface area (Å²) in [6, 6.07) is 6.15. The molecule has 0 saturated carbocycles. The molecule has 2 aromatic rings. The van der Waals surface area contributed by atoms with Crippen LogP contribution in [0.5, 0.6) is 0 Å². The minimum atomic E-state index is -1.05. The number of rotatable bonds is 3. The molecule has 0 spiro atoms. The number of hydrogen-bond acceptors (Lipinski definition) is 4. The smallest absolute Gasteiger partial charge is 0.545 e. The van der Waals surface area contributed by atoms with E-state index in [1.54, 1.807) is 23.6 Å². The van der Waals surface area contributed by atoms with Crippen LogP contribution in [0.4, 0.5) is 0 Å². The summed E-state index contributed by atoms with van der Waals surface area (Å²) in [5.74, 6) is -1.05. The van der Waals surface area contributed by atoms with Crippen molar-refractivity contribution in [3.8, 4) is 0 Å². The number of aryl methyl sites for hydroxylation is 1. The maximum Gasteiger partial charge on any atom is 1.00 e. The second-order valence-electron chi connectivity index (χ2n) is 4.60. The van der Waals surface area contributed by atoms with Crippen LogP contribution in [0.15, 0.2) is 36.2 Å². The van der Waals surface area contributed by atoms with Crippen LogP contribution in [0.2, 0.25) is 0 Å². The van der Waals surface area contributed by atoms with E-state index in [2.05, 4.69) is 11.1 Å². The monoisotopic (exact) mass is 293 g/mol. The predicted octanol–water partition coefficient (Wildman–Crippen LogP) is -1.18. The van der Waals surface area contributed by atoms with Gasteiger partial charge in [0, 0.05) is 28.6 Å². The Hall–Kier alpha value is -0.940. The van der Waals surface area contributed by atoms with Gasteiger partial charge in [0.15, 0.2) is 0 Å². The average Bonchev–Trinajstić information content (AvgIpc) is 2.80. The van der Waals surface area contributed by atoms with Gasteiger partial charge in [-0.15, -0.1) is 11.3 Å². The van der Waals surface area contributed by atoms with Crippen LogP contribution >= 0.6 is 11.3 Å². The molecule has 3 nitrogen and oxygen atoms in total. The summed E-state index contributed by atoms with van der Waals surface area (Å²) >= 11 is 1.66. The van der Waals surface area contributed by atoms with Crippen molar-refractivity contribution in [1.29, 1.82) is 0 Å². The number of aliphatic carboxylic acids is 1. The van der Waals surface area contributed by atoms with E-state index in [0.717, 1.165) is 17.7 Å². The van der Waals surface area contributed by atoms with E-state index in [0.29, 0.717) is 12.0 Å². The summed E-state index contributed by atoms with van der Waals surface area (Å²) in [4.78, 5) is 17.3. The first-order chi connectivity index (χ1) is 9.22. The van der Waals surface area contributed by atoms with Crippen molar-refractivity contribution < 1.29 is 39.5 Å². The van der Waals surface area contributed by atoms with Crippen molar-refractivity contribution in [3.63, 3.8) is 0 Å². The molecule has 0 fully saturated rings. The maximum atomic E-state index is 10.9. The van der Waals surface area contributed by atoms with Crippen LogP contribution in [0, 0.1) is 0 Å². The minimum Gasteiger partial charge on any atom is -0.545 e. The number of fused-ring (bicyclic) bond motifs is 1. The van der Waals surface area contributed by atoms with Gasteiger partial charge in [0.1, 0.15) is 0 Å². The van der Waals surface area contributed by atoms with Crippen LogP contribution in [-0.4, -0.2) is 11.0 Å². The number of aromatic nitrogens is 1. The molecule has 0 radical (unpaired) electrons. The fraction of sp³-hybridized carbons (Fsp3) is 0.200. The van der Waals surface area contributed by atoms with E-state index in [4.69, 9.17) is 0 Å². The molecule has 0 aromatic carbocycles. The Morgan fingerprint density at radius 2 is 2.25 bits per heavy atom. The summed E-state index contributed by atoms with van der Waals surface area (Å²) in [5, 5.41) is 10.9. The molecule has 0 saturated heterocycles. The van der Waals surface area contributed by atoms with Crippen LogP contribution in [-0.2, 0) is 17.6 Å². The van der Waals surface area contributed by atoms with Gasteiger partial charge in [0.05, 0.1) is 5.97 Å². The van der Waals surface area contributed by atoms with E-state index in [9.17, 15) is 9.90 Å². The Morgan fingerprint density at radius 1 is 1.40 bits per heavy atom. The van der Waals surface area contributed by atoms with E-state index in [1.807, 2.05) is 18.3 Å². The third kappa shape index (κ3) is 3.38. The average molecular weight is 293 g/mol. The van der Waals surface area contributed by atoms with Gasteiger partial charge in [-0.3, -0.25) is 4.98 Å². The predicted molar refractivity (Wildman–Crippen MR) is 72.7 cm³/mol. The van der Waals surface area contributed by atoms with Gasteiger partial charge in [-0.2, -0.15) is 0 Å². The standard InChI is InChI=1S/C15H13NO2S.Na/c17-15(18)12-4-3-11-7-13(19-14(11)8-12)6-10-2-1-5-16-9-10;/h1-2,5,7-9H,3-4,6H2,(H,17,18);/q;+1/p-1. The Morgan fingerprint density at radius 3 is 2.95 bits per heavy atom. The number of carbonyl (C=O) groups is 1. The molecule has 0 N–H and O–H groups in total. The molecule has 2 aromatic heterocycles. The minimum absolute atomic E-state index is 0. The van der Waals surface area contributed by atoms with Gasteiger partial charge in [0.2, 0.25) is 0 Å². The molecule has 0 unspecified atom stereocenters. The number of nitrogens with zero attached hydrogens (tertiary/aromatic N) is 1. The van der Waals surface area contributed by atoms with E-state index in [1.165, 1.54) is 16.0 Å². The Kier molecular flexibility index (Phi) is 5.16. The fourth-order valence-electron chi connectivity index (χ4n) is 2.27. The van der Waals surface area contributed by atoms with Gasteiger partial charge in [-0.05, 0) is 47.8 Å². The molecule has 20 heavy (non-hydrogen) atoms. The van der Waals surface area contributed by atoms with Crippen LogP contribution in [0.25, 0.3) is 6.08 Å². The van der Waals surface area contributed by atoms with Gasteiger partial charge in [0.25, 0.3) is 0 Å². The molecular formula is C15H12NNaO2S. The third-order valence-electron chi connectivity index (χ3n) is 3.23. The number of thiophene rings is 1. The largest absolute Gasteiger partial charge is 1.00 e. The van der Waals surface area contributed by atoms with Crippen LogP contribution in [0.3, 0.4) is 0 Å². The first-order valence-corrected chi connectivity index (χ1v) is 6.96. The molecular weight excluding hydrogens is 281 g/mol. The summed E-state index contributed by atoms with van der Waals surface area (Å²) in [7, 11) is 0. The first-order valence-electron chi connectivity index (χ1n) is 6.15. The van der Waals surface area contributed by atoms with E-state index >= 15 is 0 Å². The zero-order valence-electron chi connectivity index (χ0n) is 11.3. The van der Waals surface area contributed by atoms with Crippen LogP contribution < -0.4 is 34.7 Å². The first kappa shape index (κ1) is 15.4. The van der Waals surface area contributed by atoms with E-state index in [-0.39, 0.29) is 29.6 Å². The summed E-state index contributed by atoms with van der Waals surface area (Å²) < 4.78 is 0. The van der Waals surface area contributed by atoms with Crippen molar-refractivity contribution in [2.75, 3.05) is 0 Å². The summed E-state index contributed by atoms with van der Waals surface area (Å²) in [6.07, 6.45) is 7.58. The molecule has 0 bridgehead atoms. The van der Waals surface area contributed by atoms with E-state index < -0.39 is 5.97 Å². The number of carbonyl (C=O) groups excluding carboxylic acids is 1. The molecule has 2 heterocycles. The second-order valence-corrected chi connectivity index (χ2v) is 5.77. The molecule has 3 rings (SSSR count). The van der Waals surface area contributed by atoms with Gasteiger partial charge in [-0.25, -0.2) is 0 Å². The molecule has 0 amide bonds. The van der Waals surface area contributed by atoms with Crippen molar-refractivity contribution in [3.05, 3.63) is 57.0 Å². The number of carboxylic acid groups (broad SMARTS) is 1. The zero-order chi connectivity index (χ0) is 13.2. The molecule has 1 aliphatic rings. The zero-order valence-corrected chi connectivity index (χ0v) is 14.1. The molecule has 1 aliphatic carbocycles.